The van der Waals surface area contributed by atoms with E-state index in [-0.39, 0.29) is 12.3 Å². The molecule has 0 bridgehead atoms. The van der Waals surface area contributed by atoms with E-state index in [9.17, 15) is 28.1 Å². The molecule has 0 saturated heterocycles. The van der Waals surface area contributed by atoms with Gasteiger partial charge in [0.25, 0.3) is 6.43 Å². The summed E-state index contributed by atoms with van der Waals surface area (Å²) >= 11 is 0. The third kappa shape index (κ3) is 3.63. The molecule has 0 aromatic carbocycles. The van der Waals surface area contributed by atoms with Crippen LogP contribution in [0, 0.1) is 15.9 Å². The molecular formula is C10H9F3N2O4. The smallest absolute Gasteiger partial charge is 0.400 e. The van der Waals surface area contributed by atoms with Gasteiger partial charge in [-0.2, -0.15) is 4.39 Å². The van der Waals surface area contributed by atoms with Crippen LogP contribution in [0.15, 0.2) is 6.07 Å². The summed E-state index contributed by atoms with van der Waals surface area (Å²) in [6, 6.07) is 0.615. The summed E-state index contributed by atoms with van der Waals surface area (Å²) in [4.78, 5) is 23.7. The summed E-state index contributed by atoms with van der Waals surface area (Å²) < 4.78 is 42.9. The second kappa shape index (κ2) is 6.12. The van der Waals surface area contributed by atoms with E-state index < -0.39 is 40.9 Å². The highest BCUT2D eigenvalue weighted by Gasteiger charge is 2.28. The summed E-state index contributed by atoms with van der Waals surface area (Å²) in [6.45, 7) is 1.59. The Morgan fingerprint density at radius 3 is 2.68 bits per heavy atom. The van der Waals surface area contributed by atoms with Crippen LogP contribution in [0.4, 0.5) is 19.0 Å². The van der Waals surface area contributed by atoms with Crippen molar-refractivity contribution in [3.8, 4) is 0 Å². The Hall–Kier alpha value is -2.19. The number of rotatable bonds is 5. The average molecular weight is 278 g/mol. The predicted molar refractivity (Wildman–Crippen MR) is 56.1 cm³/mol. The van der Waals surface area contributed by atoms with Crippen LogP contribution in [0.25, 0.3) is 0 Å². The van der Waals surface area contributed by atoms with Crippen LogP contribution >= 0.6 is 0 Å². The lowest BCUT2D eigenvalue weighted by Gasteiger charge is -2.04. The zero-order valence-corrected chi connectivity index (χ0v) is 9.73. The molecule has 0 unspecified atom stereocenters. The number of alkyl halides is 2. The summed E-state index contributed by atoms with van der Waals surface area (Å²) in [6.07, 6.45) is -3.79. The summed E-state index contributed by atoms with van der Waals surface area (Å²) in [5.74, 6) is -3.83. The molecule has 104 valence electrons. The van der Waals surface area contributed by atoms with Gasteiger partial charge in [-0.25, -0.2) is 8.78 Å². The average Bonchev–Trinajstić information content (AvgIpc) is 2.30. The second-order valence-electron chi connectivity index (χ2n) is 3.38. The molecule has 0 fully saturated rings. The molecule has 1 aromatic heterocycles. The number of nitrogens with zero attached hydrogens (tertiary/aromatic N) is 2. The highest BCUT2D eigenvalue weighted by atomic mass is 19.3. The number of nitro groups is 1. The molecule has 0 amide bonds. The molecule has 1 rings (SSSR count). The topological polar surface area (TPSA) is 82.3 Å². The van der Waals surface area contributed by atoms with Gasteiger partial charge in [-0.1, -0.05) is 0 Å². The largest absolute Gasteiger partial charge is 0.466 e. The van der Waals surface area contributed by atoms with Gasteiger partial charge in [0, 0.05) is 0 Å². The molecule has 0 saturated carbocycles. The minimum Gasteiger partial charge on any atom is -0.466 e. The van der Waals surface area contributed by atoms with Crippen molar-refractivity contribution in [3.05, 3.63) is 33.3 Å². The van der Waals surface area contributed by atoms with Crippen LogP contribution in [0.3, 0.4) is 0 Å². The van der Waals surface area contributed by atoms with Crippen LogP contribution in [-0.4, -0.2) is 22.5 Å². The maximum atomic E-state index is 13.3. The number of carbonyl (C=O) groups is 1. The first-order valence-corrected chi connectivity index (χ1v) is 5.14. The van der Waals surface area contributed by atoms with Crippen molar-refractivity contribution < 1.29 is 27.6 Å². The third-order valence-corrected chi connectivity index (χ3v) is 2.06. The van der Waals surface area contributed by atoms with E-state index in [1.165, 1.54) is 6.92 Å². The normalized spacial score (nSPS) is 10.6. The molecule has 0 aliphatic rings. The van der Waals surface area contributed by atoms with E-state index in [4.69, 9.17) is 0 Å². The van der Waals surface area contributed by atoms with Crippen LogP contribution in [-0.2, 0) is 16.0 Å². The minimum absolute atomic E-state index is 0.0594. The van der Waals surface area contributed by atoms with Gasteiger partial charge in [0.2, 0.25) is 5.82 Å². The SMILES string of the molecule is CCOC(=O)Cc1cc(C(F)F)c(F)c([N+](=O)[O-])n1. The van der Waals surface area contributed by atoms with Crippen molar-refractivity contribution in [1.29, 1.82) is 0 Å². The number of hydrogen-bond donors (Lipinski definition) is 0. The lowest BCUT2D eigenvalue weighted by molar-refractivity contribution is -0.392. The fourth-order valence-electron chi connectivity index (χ4n) is 1.32. The number of halogens is 3. The fraction of sp³-hybridized carbons (Fsp3) is 0.400. The second-order valence-corrected chi connectivity index (χ2v) is 3.38. The van der Waals surface area contributed by atoms with Crippen molar-refractivity contribution in [2.45, 2.75) is 19.8 Å². The molecule has 19 heavy (non-hydrogen) atoms. The van der Waals surface area contributed by atoms with Gasteiger partial charge in [0.15, 0.2) is 5.69 Å². The number of ether oxygens (including phenoxy) is 1. The van der Waals surface area contributed by atoms with E-state index in [0.29, 0.717) is 6.07 Å². The van der Waals surface area contributed by atoms with Gasteiger partial charge >= 0.3 is 11.8 Å². The molecule has 9 heteroatoms. The highest BCUT2D eigenvalue weighted by molar-refractivity contribution is 5.72. The lowest BCUT2D eigenvalue weighted by atomic mass is 10.2. The Balaban J connectivity index is 3.19. The lowest BCUT2D eigenvalue weighted by Crippen LogP contribution is -2.11. The minimum atomic E-state index is -3.25. The van der Waals surface area contributed by atoms with Crippen molar-refractivity contribution in [2.75, 3.05) is 6.61 Å². The van der Waals surface area contributed by atoms with Gasteiger partial charge in [0.1, 0.15) is 6.42 Å². The molecule has 0 aliphatic carbocycles. The van der Waals surface area contributed by atoms with E-state index in [1.54, 1.807) is 0 Å². The fourth-order valence-corrected chi connectivity index (χ4v) is 1.32. The Morgan fingerprint density at radius 1 is 1.58 bits per heavy atom. The number of esters is 1. The number of pyridine rings is 1. The monoisotopic (exact) mass is 278 g/mol. The van der Waals surface area contributed by atoms with Crippen molar-refractivity contribution in [3.63, 3.8) is 0 Å². The molecule has 0 spiro atoms. The van der Waals surface area contributed by atoms with E-state index >= 15 is 0 Å². The Kier molecular flexibility index (Phi) is 4.79. The highest BCUT2D eigenvalue weighted by Crippen LogP contribution is 2.27. The number of hydrogen-bond acceptors (Lipinski definition) is 5. The molecular weight excluding hydrogens is 269 g/mol. The first-order chi connectivity index (χ1) is 8.86. The van der Waals surface area contributed by atoms with E-state index in [0.717, 1.165) is 0 Å². The number of carbonyl (C=O) groups excluding carboxylic acids is 1. The Labute approximate surface area is 105 Å². The molecule has 1 aromatic rings. The van der Waals surface area contributed by atoms with Crippen LogP contribution in [0.2, 0.25) is 0 Å². The van der Waals surface area contributed by atoms with Gasteiger partial charge in [-0.15, -0.1) is 0 Å². The van der Waals surface area contributed by atoms with Crippen LogP contribution < -0.4 is 0 Å². The molecule has 0 radical (unpaired) electrons. The molecule has 6 nitrogen and oxygen atoms in total. The Morgan fingerprint density at radius 2 is 2.21 bits per heavy atom. The van der Waals surface area contributed by atoms with Gasteiger partial charge < -0.3 is 14.9 Å². The molecule has 0 N–H and O–H groups in total. The quantitative estimate of drug-likeness (QED) is 0.468. The maximum absolute atomic E-state index is 13.3. The molecule has 0 atom stereocenters. The van der Waals surface area contributed by atoms with Gasteiger partial charge in [0.05, 0.1) is 12.2 Å². The zero-order chi connectivity index (χ0) is 14.6. The van der Waals surface area contributed by atoms with Crippen molar-refractivity contribution in [2.24, 2.45) is 0 Å². The maximum Gasteiger partial charge on any atom is 0.400 e. The standard InChI is InChI=1S/C10H9F3N2O4/c1-2-19-7(16)4-5-3-6(9(12)13)8(11)10(14-5)15(17)18/h3,9H,2,4H2,1H3. The van der Waals surface area contributed by atoms with Crippen molar-refractivity contribution >= 4 is 11.8 Å². The first kappa shape index (κ1) is 14.9. The van der Waals surface area contributed by atoms with Gasteiger partial charge in [-0.3, -0.25) is 4.79 Å². The predicted octanol–water partition coefficient (Wildman–Crippen LogP) is 2.17. The summed E-state index contributed by atoms with van der Waals surface area (Å²) in [5.41, 5.74) is -1.51. The first-order valence-electron chi connectivity index (χ1n) is 5.14. The van der Waals surface area contributed by atoms with Crippen LogP contribution in [0.1, 0.15) is 24.6 Å². The number of aromatic nitrogens is 1. The third-order valence-electron chi connectivity index (χ3n) is 2.06. The molecule has 0 aliphatic heterocycles. The van der Waals surface area contributed by atoms with Crippen LogP contribution in [0.5, 0.6) is 0 Å². The van der Waals surface area contributed by atoms with E-state index in [2.05, 4.69) is 9.72 Å². The molecule has 1 heterocycles. The summed E-state index contributed by atoms with van der Waals surface area (Å²) in [5, 5.41) is 10.5. The Bertz CT molecular complexity index is 508. The van der Waals surface area contributed by atoms with E-state index in [1.807, 2.05) is 0 Å². The zero-order valence-electron chi connectivity index (χ0n) is 9.73. The van der Waals surface area contributed by atoms with Crippen molar-refractivity contribution in [1.82, 2.24) is 4.98 Å². The summed E-state index contributed by atoms with van der Waals surface area (Å²) in [7, 11) is 0. The van der Waals surface area contributed by atoms with Gasteiger partial charge in [-0.05, 0) is 22.9 Å².